The van der Waals surface area contributed by atoms with Gasteiger partial charge in [-0.25, -0.2) is 0 Å². The quantitative estimate of drug-likeness (QED) is 0.223. The first-order valence-electron chi connectivity index (χ1n) is 16.4. The standard InChI is InChI=1S/C25H27N5O2.C5H11N.C5H12.CH4S.Zr/c1-3-23(31)28-13-15-29(16-14-28)24-20-11-12-30(17-21(20)26-25(27-24)32-2)22-10-6-8-18-7-4-5-9-19(18)22;1-6-4-2-3-5-6;1-3-5-4-2;1-2;/h3-10H,1,11-17H2,2H3;2-5H2,1H3;3-5H2,1-2H3;2H,1H3;/p-1. The summed E-state index contributed by atoms with van der Waals surface area (Å²) in [6, 6.07) is 15.3. The van der Waals surface area contributed by atoms with Crippen molar-refractivity contribution >= 4 is 40.8 Å². The van der Waals surface area contributed by atoms with Crippen molar-refractivity contribution < 1.29 is 35.7 Å². The van der Waals surface area contributed by atoms with Gasteiger partial charge >= 0.3 is 6.01 Å². The number of anilines is 2. The Bertz CT molecular complexity index is 1340. The van der Waals surface area contributed by atoms with E-state index in [1.165, 1.54) is 73.3 Å². The SMILES string of the molecule is C=CC(=O)N1CCN(c2nc(OC)nc3c2CCN(c2cccc4ccccc24)C3)CC1.CCCCC.CN1CCCC1.C[S-].[Zr]. The van der Waals surface area contributed by atoms with Crippen LogP contribution in [0.5, 0.6) is 6.01 Å². The monoisotopic (exact) mass is 723 g/mol. The third-order valence-electron chi connectivity index (χ3n) is 8.41. The van der Waals surface area contributed by atoms with Crippen LogP contribution in [0.15, 0.2) is 55.1 Å². The molecule has 0 bridgehead atoms. The molecule has 0 spiro atoms. The second kappa shape index (κ2) is 21.5. The van der Waals surface area contributed by atoms with Gasteiger partial charge in [0, 0.05) is 75.6 Å². The number of rotatable bonds is 6. The molecule has 3 aromatic rings. The van der Waals surface area contributed by atoms with Crippen molar-refractivity contribution in [2.45, 2.75) is 58.9 Å². The zero-order valence-electron chi connectivity index (χ0n) is 28.6. The van der Waals surface area contributed by atoms with Crippen molar-refractivity contribution in [1.29, 1.82) is 0 Å². The Morgan fingerprint density at radius 1 is 0.913 bits per heavy atom. The third kappa shape index (κ3) is 11.1. The minimum Gasteiger partial charge on any atom is -0.796 e. The van der Waals surface area contributed by atoms with E-state index >= 15 is 0 Å². The fourth-order valence-corrected chi connectivity index (χ4v) is 5.93. The van der Waals surface area contributed by atoms with E-state index < -0.39 is 0 Å². The van der Waals surface area contributed by atoms with Crippen LogP contribution in [0.4, 0.5) is 11.5 Å². The summed E-state index contributed by atoms with van der Waals surface area (Å²) in [4.78, 5) is 30.2. The number of likely N-dealkylation sites (tertiary alicyclic amines) is 1. The van der Waals surface area contributed by atoms with Crippen LogP contribution in [0.2, 0.25) is 0 Å². The Kier molecular flexibility index (Phi) is 18.5. The van der Waals surface area contributed by atoms with E-state index in [1.807, 2.05) is 4.90 Å². The van der Waals surface area contributed by atoms with Crippen LogP contribution in [-0.2, 0) is 56.6 Å². The van der Waals surface area contributed by atoms with Crippen LogP contribution in [0.25, 0.3) is 10.8 Å². The minimum absolute atomic E-state index is 0. The smallest absolute Gasteiger partial charge is 0.318 e. The number of carbonyl (C=O) groups is 1. The predicted octanol–water partition coefficient (Wildman–Crippen LogP) is 6.10. The largest absolute Gasteiger partial charge is 0.796 e. The fourth-order valence-electron chi connectivity index (χ4n) is 5.93. The number of unbranched alkanes of at least 4 members (excludes halogenated alkanes) is 2. The van der Waals surface area contributed by atoms with Gasteiger partial charge in [0.05, 0.1) is 19.3 Å². The van der Waals surface area contributed by atoms with Crippen LogP contribution < -0.4 is 14.5 Å². The molecule has 0 N–H and O–H groups in total. The molecule has 8 nitrogen and oxygen atoms in total. The zero-order chi connectivity index (χ0) is 32.6. The second-order valence-corrected chi connectivity index (χ2v) is 11.5. The average Bonchev–Trinajstić information content (AvgIpc) is 3.59. The van der Waals surface area contributed by atoms with Crippen molar-refractivity contribution in [3.63, 3.8) is 0 Å². The Hall–Kier alpha value is -2.42. The Morgan fingerprint density at radius 3 is 2.13 bits per heavy atom. The molecule has 46 heavy (non-hydrogen) atoms. The molecule has 4 heterocycles. The molecule has 1 amide bonds. The summed E-state index contributed by atoms with van der Waals surface area (Å²) in [6.45, 7) is 15.1. The molecule has 0 unspecified atom stereocenters. The molecule has 10 heteroatoms. The van der Waals surface area contributed by atoms with Gasteiger partial charge in [-0.05, 0) is 56.9 Å². The van der Waals surface area contributed by atoms with Crippen molar-refractivity contribution in [3.05, 3.63) is 66.4 Å². The van der Waals surface area contributed by atoms with Gasteiger partial charge in [-0.2, -0.15) is 16.2 Å². The maximum absolute atomic E-state index is 11.9. The summed E-state index contributed by atoms with van der Waals surface area (Å²) in [6.07, 6.45) is 10.7. The molecule has 0 saturated carbocycles. The molecule has 0 atom stereocenters. The van der Waals surface area contributed by atoms with Gasteiger partial charge in [0.2, 0.25) is 5.91 Å². The van der Waals surface area contributed by atoms with E-state index in [4.69, 9.17) is 14.7 Å². The van der Waals surface area contributed by atoms with Crippen LogP contribution in [0, 0.1) is 0 Å². The van der Waals surface area contributed by atoms with E-state index in [-0.39, 0.29) is 32.1 Å². The maximum atomic E-state index is 11.9. The Balaban J connectivity index is 0.000000445. The Morgan fingerprint density at radius 2 is 1.57 bits per heavy atom. The number of aromatic nitrogens is 2. The number of piperazine rings is 1. The van der Waals surface area contributed by atoms with E-state index in [2.05, 4.69) is 97.3 Å². The van der Waals surface area contributed by atoms with Gasteiger partial charge in [0.15, 0.2) is 0 Å². The summed E-state index contributed by atoms with van der Waals surface area (Å²) < 4.78 is 5.45. The van der Waals surface area contributed by atoms with Crippen molar-refractivity contribution in [2.75, 3.05) is 76.0 Å². The van der Waals surface area contributed by atoms with Crippen LogP contribution >= 0.6 is 0 Å². The van der Waals surface area contributed by atoms with Crippen molar-refractivity contribution in [1.82, 2.24) is 19.8 Å². The first-order valence-corrected chi connectivity index (χ1v) is 17.2. The van der Waals surface area contributed by atoms with Gasteiger partial charge in [0.1, 0.15) is 5.82 Å². The number of benzene rings is 2. The normalized spacial score (nSPS) is 15.6. The number of fused-ring (bicyclic) bond motifs is 2. The molecule has 2 aromatic carbocycles. The molecule has 6 rings (SSSR count). The molecule has 2 saturated heterocycles. The van der Waals surface area contributed by atoms with Gasteiger partial charge in [-0.15, -0.1) is 0 Å². The molecular formula is C36H53N6O2SZr-. The summed E-state index contributed by atoms with van der Waals surface area (Å²) in [5.41, 5.74) is 3.42. The van der Waals surface area contributed by atoms with Gasteiger partial charge in [0.25, 0.3) is 0 Å². The number of amides is 1. The van der Waals surface area contributed by atoms with Gasteiger partial charge in [-0.3, -0.25) is 4.79 Å². The molecule has 2 fully saturated rings. The topological polar surface area (TPSA) is 65.0 Å². The van der Waals surface area contributed by atoms with Crippen molar-refractivity contribution in [2.24, 2.45) is 0 Å². The number of nitrogens with zero attached hydrogens (tertiary/aromatic N) is 6. The molecule has 3 aliphatic rings. The molecule has 0 aliphatic carbocycles. The van der Waals surface area contributed by atoms with Crippen LogP contribution in [-0.4, -0.2) is 91.9 Å². The van der Waals surface area contributed by atoms with Crippen LogP contribution in [0.3, 0.4) is 0 Å². The number of hydrogen-bond donors (Lipinski definition) is 0. The van der Waals surface area contributed by atoms with Crippen LogP contribution in [0.1, 0.15) is 57.2 Å². The summed E-state index contributed by atoms with van der Waals surface area (Å²) >= 11 is 4.08. The summed E-state index contributed by atoms with van der Waals surface area (Å²) in [5, 5.41) is 2.49. The van der Waals surface area contributed by atoms with E-state index in [1.54, 1.807) is 13.4 Å². The first kappa shape index (κ1) is 39.8. The predicted molar refractivity (Wildman–Crippen MR) is 191 cm³/mol. The molecule has 0 radical (unpaired) electrons. The molecular weight excluding hydrogens is 672 g/mol. The fraction of sp³-hybridized carbons (Fsp3) is 0.528. The summed E-state index contributed by atoms with van der Waals surface area (Å²) in [7, 11) is 3.78. The van der Waals surface area contributed by atoms with E-state index in [0.717, 1.165) is 37.6 Å². The average molecular weight is 725 g/mol. The minimum atomic E-state index is -0.0160. The maximum Gasteiger partial charge on any atom is 0.318 e. The molecule has 3 aliphatic heterocycles. The number of ether oxygens (including phenoxy) is 1. The summed E-state index contributed by atoms with van der Waals surface area (Å²) in [5.74, 6) is 0.924. The molecule has 1 aromatic heterocycles. The number of methoxy groups -OCH3 is 1. The number of hydrogen-bond acceptors (Lipinski definition) is 8. The number of carbonyl (C=O) groups excluding carboxylic acids is 1. The Labute approximate surface area is 302 Å². The van der Waals surface area contributed by atoms with E-state index in [9.17, 15) is 4.79 Å². The second-order valence-electron chi connectivity index (χ2n) is 11.5. The first-order chi connectivity index (χ1) is 22.0. The van der Waals surface area contributed by atoms with Gasteiger partial charge < -0.3 is 37.0 Å². The van der Waals surface area contributed by atoms with Gasteiger partial charge in [-0.1, -0.05) is 76.1 Å². The zero-order valence-corrected chi connectivity index (χ0v) is 31.9. The van der Waals surface area contributed by atoms with Crippen molar-refractivity contribution in [3.8, 4) is 6.01 Å². The third-order valence-corrected chi connectivity index (χ3v) is 8.41. The molecule has 250 valence electrons. The van der Waals surface area contributed by atoms with E-state index in [0.29, 0.717) is 25.6 Å².